The maximum absolute atomic E-state index is 14.5. The Bertz CT molecular complexity index is 2350. The topological polar surface area (TPSA) is 407 Å². The first kappa shape index (κ1) is 66.0. The molecule has 0 spiro atoms. The first-order chi connectivity index (χ1) is 37.4. The summed E-state index contributed by atoms with van der Waals surface area (Å²) in [5, 5.41) is 67.1. The maximum atomic E-state index is 14.5. The van der Waals surface area contributed by atoms with E-state index in [1.165, 1.54) is 19.1 Å². The van der Waals surface area contributed by atoms with E-state index >= 15 is 0 Å². The van der Waals surface area contributed by atoms with Crippen LogP contribution >= 0.6 is 0 Å². The second-order valence-electron chi connectivity index (χ2n) is 20.2. The van der Waals surface area contributed by atoms with Crippen LogP contribution in [0.4, 0.5) is 4.79 Å². The molecule has 1 aliphatic heterocycles. The van der Waals surface area contributed by atoms with Crippen molar-refractivity contribution >= 4 is 59.3 Å². The van der Waals surface area contributed by atoms with Gasteiger partial charge in [-0.3, -0.25) is 43.2 Å². The summed E-state index contributed by atoms with van der Waals surface area (Å²) < 4.78 is 5.28. The molecule has 1 aliphatic rings. The van der Waals surface area contributed by atoms with Crippen LogP contribution in [0.2, 0.25) is 0 Å². The average molecular weight is 1110 g/mol. The number of aliphatic hydroxyl groups excluding tert-OH is 4. The Morgan fingerprint density at radius 3 is 1.72 bits per heavy atom. The van der Waals surface area contributed by atoms with Crippen molar-refractivity contribution in [1.82, 2.24) is 53.2 Å². The van der Waals surface area contributed by atoms with E-state index in [9.17, 15) is 68.4 Å². The second kappa shape index (κ2) is 33.2. The lowest BCUT2D eigenvalue weighted by Crippen LogP contribution is -2.63. The van der Waals surface area contributed by atoms with E-state index in [1.807, 2.05) is 6.07 Å². The van der Waals surface area contributed by atoms with Crippen LogP contribution in [-0.4, -0.2) is 167 Å². The third-order valence-electron chi connectivity index (χ3n) is 13.0. The summed E-state index contributed by atoms with van der Waals surface area (Å²) in [6.07, 6.45) is -3.27. The van der Waals surface area contributed by atoms with Crippen molar-refractivity contribution in [2.45, 2.75) is 154 Å². The van der Waals surface area contributed by atoms with Gasteiger partial charge in [0.05, 0.1) is 38.0 Å². The van der Waals surface area contributed by atoms with Gasteiger partial charge in [-0.05, 0) is 61.5 Å². The predicted molar refractivity (Wildman–Crippen MR) is 286 cm³/mol. The van der Waals surface area contributed by atoms with Gasteiger partial charge in [0.2, 0.25) is 53.2 Å². The van der Waals surface area contributed by atoms with Crippen LogP contribution in [0.15, 0.2) is 60.7 Å². The summed E-state index contributed by atoms with van der Waals surface area (Å²) in [5.74, 6) is -10.8. The minimum Gasteiger partial charge on any atom is -0.445 e. The molecule has 3 rings (SSSR count). The Labute approximate surface area is 459 Å². The monoisotopic (exact) mass is 1110 g/mol. The third kappa shape index (κ3) is 21.5. The van der Waals surface area contributed by atoms with E-state index in [0.29, 0.717) is 0 Å². The molecule has 0 radical (unpaired) electrons. The summed E-state index contributed by atoms with van der Waals surface area (Å²) in [4.78, 5) is 138. The fourth-order valence-electron chi connectivity index (χ4n) is 8.12. The minimum absolute atomic E-state index is 0.0186. The highest BCUT2D eigenvalue weighted by atomic mass is 16.5. The molecule has 1 unspecified atom stereocenters. The first-order valence-corrected chi connectivity index (χ1v) is 26.4. The number of aliphatic hydroxyl groups is 4. The molecular formula is C53H81N11O15. The maximum Gasteiger partial charge on any atom is 0.407 e. The van der Waals surface area contributed by atoms with Gasteiger partial charge in [0.1, 0.15) is 54.9 Å². The molecular weight excluding hydrogens is 1030 g/mol. The number of nitrogens with one attached hydrogen (secondary N) is 10. The van der Waals surface area contributed by atoms with Gasteiger partial charge >= 0.3 is 6.09 Å². The highest BCUT2D eigenvalue weighted by Crippen LogP contribution is 2.19. The largest absolute Gasteiger partial charge is 0.445 e. The first-order valence-electron chi connectivity index (χ1n) is 26.4. The molecule has 79 heavy (non-hydrogen) atoms. The number of carbonyl (C=O) groups excluding carboxylic acids is 10. The van der Waals surface area contributed by atoms with Crippen LogP contribution in [0.3, 0.4) is 0 Å². The number of hydrogen-bond acceptors (Lipinski definition) is 16. The number of ether oxygens (including phenoxy) is 1. The number of carbonyl (C=O) groups is 10. The summed E-state index contributed by atoms with van der Waals surface area (Å²) in [7, 11) is 0. The van der Waals surface area contributed by atoms with Crippen LogP contribution in [0.1, 0.15) is 97.7 Å². The molecule has 10 amide bonds. The lowest BCUT2D eigenvalue weighted by atomic mass is 9.95. The molecule has 12 atom stereocenters. The van der Waals surface area contributed by atoms with Gasteiger partial charge < -0.3 is 84.1 Å². The molecule has 2 aromatic rings. The van der Waals surface area contributed by atoms with Gasteiger partial charge in [-0.25, -0.2) is 4.79 Å². The number of nitrogens with two attached hydrogens (primary N) is 1. The standard InChI is InChI=1S/C53H81N11O15/c1-8-30(6)40-51(76)62-41(31(7)67)50(75)56-24-38(68)57-36(25-65)47(72)60-37(26-66)48(73)63-42(33-19-13-10-14-20-33)39(54)49(74)64-43(44(69)29(4)5)52(77)59-35(23-28(2)3)46(71)58-34(45(70)61-40)21-15-16-22-55-53(78)79-27-32-17-11-9-12-18-32/h9-14,17-20,28-31,34-37,39-44,65-67,69H,8,15-16,21-27,54H2,1-7H3,(H,55,78)(H,56,75)(H,57,68)(H,58,71)(H,59,77)(H,60,72)(H,61,70)(H,62,76)(H,63,73)(H,64,74)/t30-,31-,34+,35-,36-,37?,39-,40-,41-,42+,43-,44+/m0/s1. The van der Waals surface area contributed by atoms with Gasteiger partial charge in [-0.2, -0.15) is 0 Å². The second-order valence-corrected chi connectivity index (χ2v) is 20.2. The van der Waals surface area contributed by atoms with Crippen LogP contribution < -0.4 is 58.9 Å². The molecule has 438 valence electrons. The van der Waals surface area contributed by atoms with Crippen molar-refractivity contribution in [2.24, 2.45) is 23.5 Å². The quantitative estimate of drug-likeness (QED) is 0.0715. The van der Waals surface area contributed by atoms with E-state index < -0.39 is 157 Å². The van der Waals surface area contributed by atoms with Gasteiger partial charge in [0.25, 0.3) is 0 Å². The molecule has 26 heteroatoms. The van der Waals surface area contributed by atoms with E-state index in [0.717, 1.165) is 5.56 Å². The summed E-state index contributed by atoms with van der Waals surface area (Å²) in [6, 6.07) is 2.25. The molecule has 16 N–H and O–H groups in total. The summed E-state index contributed by atoms with van der Waals surface area (Å²) in [6.45, 7) is 8.30. The molecule has 0 aromatic heterocycles. The van der Waals surface area contributed by atoms with Crippen molar-refractivity contribution in [1.29, 1.82) is 0 Å². The van der Waals surface area contributed by atoms with E-state index in [4.69, 9.17) is 10.5 Å². The smallest absolute Gasteiger partial charge is 0.407 e. The van der Waals surface area contributed by atoms with Gasteiger partial charge in [0.15, 0.2) is 0 Å². The van der Waals surface area contributed by atoms with Crippen molar-refractivity contribution in [2.75, 3.05) is 26.3 Å². The molecule has 1 heterocycles. The van der Waals surface area contributed by atoms with Crippen LogP contribution in [0.25, 0.3) is 0 Å². The zero-order valence-corrected chi connectivity index (χ0v) is 45.8. The van der Waals surface area contributed by atoms with Crippen molar-refractivity contribution < 1.29 is 73.1 Å². The number of unbranched alkanes of at least 4 members (excludes halogenated alkanes) is 1. The highest BCUT2D eigenvalue weighted by molar-refractivity contribution is 5.98. The normalized spacial score (nSPS) is 25.2. The van der Waals surface area contributed by atoms with E-state index in [2.05, 4.69) is 53.2 Å². The van der Waals surface area contributed by atoms with Gasteiger partial charge in [-0.1, -0.05) is 109 Å². The molecule has 0 bridgehead atoms. The molecule has 2 aromatic carbocycles. The molecule has 0 saturated carbocycles. The van der Waals surface area contributed by atoms with Crippen LogP contribution in [0, 0.1) is 17.8 Å². The Morgan fingerprint density at radius 2 is 1.14 bits per heavy atom. The van der Waals surface area contributed by atoms with E-state index in [1.54, 1.807) is 84.0 Å². The van der Waals surface area contributed by atoms with Gasteiger partial charge in [0, 0.05) is 6.54 Å². The Hall–Kier alpha value is -7.26. The van der Waals surface area contributed by atoms with Crippen molar-refractivity contribution in [3.8, 4) is 0 Å². The predicted octanol–water partition coefficient (Wildman–Crippen LogP) is -2.73. The van der Waals surface area contributed by atoms with Crippen LogP contribution in [-0.2, 0) is 54.5 Å². The number of hydrogen-bond donors (Lipinski definition) is 15. The van der Waals surface area contributed by atoms with Crippen molar-refractivity contribution in [3.63, 3.8) is 0 Å². The lowest BCUT2D eigenvalue weighted by Gasteiger charge is -2.32. The zero-order valence-electron chi connectivity index (χ0n) is 45.8. The summed E-state index contributed by atoms with van der Waals surface area (Å²) in [5.41, 5.74) is 7.54. The van der Waals surface area contributed by atoms with E-state index in [-0.39, 0.29) is 56.7 Å². The molecule has 1 fully saturated rings. The van der Waals surface area contributed by atoms with Crippen LogP contribution in [0.5, 0.6) is 0 Å². The summed E-state index contributed by atoms with van der Waals surface area (Å²) >= 11 is 0. The zero-order chi connectivity index (χ0) is 58.9. The third-order valence-corrected chi connectivity index (χ3v) is 13.0. The Morgan fingerprint density at radius 1 is 0.620 bits per heavy atom. The minimum atomic E-state index is -1.79. The average Bonchev–Trinajstić information content (AvgIpc) is 3.42. The number of benzene rings is 2. The Kier molecular flexibility index (Phi) is 27.8. The highest BCUT2D eigenvalue weighted by Gasteiger charge is 2.39. The number of alkyl carbamates (subject to hydrolysis) is 1. The molecule has 1 saturated heterocycles. The van der Waals surface area contributed by atoms with Gasteiger partial charge in [-0.15, -0.1) is 0 Å². The number of amides is 10. The Balaban J connectivity index is 2.11. The molecule has 0 aliphatic carbocycles. The number of rotatable bonds is 17. The lowest BCUT2D eigenvalue weighted by molar-refractivity contribution is -0.138. The fourth-order valence-corrected chi connectivity index (χ4v) is 8.12. The SMILES string of the molecule is CC[C@H](C)[C@@H]1NC(=O)[C@@H](CCCCNC(=O)OCc2ccccc2)NC(=O)[C@H](CC(C)C)NC(=O)[C@H]([C@H](O)C(C)C)NC(=O)[C@@H](N)[C@@H](c2ccccc2)NC(=O)C(CO)NC(=O)[C@H](CO)NC(=O)CNC(=O)[C@H]([C@H](C)O)NC1=O. The fraction of sp³-hybridized carbons (Fsp3) is 0.585. The molecule has 26 nitrogen and oxygen atoms in total. The van der Waals surface area contributed by atoms with Crippen molar-refractivity contribution in [3.05, 3.63) is 71.8 Å².